The third kappa shape index (κ3) is 2.49. The second kappa shape index (κ2) is 4.94. The first-order valence-electron chi connectivity index (χ1n) is 5.50. The summed E-state index contributed by atoms with van der Waals surface area (Å²) in [6, 6.07) is 10.6. The van der Waals surface area contributed by atoms with Gasteiger partial charge in [-0.3, -0.25) is 4.68 Å². The van der Waals surface area contributed by atoms with Crippen molar-refractivity contribution in [2.24, 2.45) is 0 Å². The summed E-state index contributed by atoms with van der Waals surface area (Å²) in [5.41, 5.74) is 3.80. The number of nitrogens with zero attached hydrogens (tertiary/aromatic N) is 2. The van der Waals surface area contributed by atoms with Gasteiger partial charge in [0.2, 0.25) is 0 Å². The lowest BCUT2D eigenvalue weighted by Gasteiger charge is -2.07. The van der Waals surface area contributed by atoms with Crippen LogP contribution in [0.15, 0.2) is 36.5 Å². The van der Waals surface area contributed by atoms with E-state index in [9.17, 15) is 0 Å². The van der Waals surface area contributed by atoms with Crippen molar-refractivity contribution < 1.29 is 0 Å². The normalized spacial score (nSPS) is 10.6. The van der Waals surface area contributed by atoms with Crippen molar-refractivity contribution in [1.29, 1.82) is 0 Å². The molecule has 0 fully saturated rings. The number of hydrogen-bond acceptors (Lipinski definition) is 2. The van der Waals surface area contributed by atoms with Gasteiger partial charge in [-0.15, -0.1) is 0 Å². The lowest BCUT2D eigenvalue weighted by molar-refractivity contribution is 0.622. The van der Waals surface area contributed by atoms with E-state index in [0.29, 0.717) is 0 Å². The summed E-state index contributed by atoms with van der Waals surface area (Å²) >= 11 is 0. The standard InChI is InChI=1S/C13H17N3/c1-11-4-3-5-12(8-11)10-16-13(9-14-2)6-7-15-16/h3-8,14H,9-10H2,1-2H3. The summed E-state index contributed by atoms with van der Waals surface area (Å²) in [5.74, 6) is 0. The molecule has 1 aromatic carbocycles. The lowest BCUT2D eigenvalue weighted by Crippen LogP contribution is -2.12. The van der Waals surface area contributed by atoms with Crippen LogP contribution in [0.3, 0.4) is 0 Å². The molecular weight excluding hydrogens is 198 g/mol. The maximum Gasteiger partial charge on any atom is 0.0663 e. The van der Waals surface area contributed by atoms with Gasteiger partial charge >= 0.3 is 0 Å². The molecular formula is C13H17N3. The zero-order valence-corrected chi connectivity index (χ0v) is 9.77. The van der Waals surface area contributed by atoms with Crippen molar-refractivity contribution in [2.45, 2.75) is 20.0 Å². The molecule has 0 radical (unpaired) electrons. The van der Waals surface area contributed by atoms with Gasteiger partial charge in [0.25, 0.3) is 0 Å². The van der Waals surface area contributed by atoms with E-state index >= 15 is 0 Å². The molecule has 3 nitrogen and oxygen atoms in total. The van der Waals surface area contributed by atoms with E-state index in [0.717, 1.165) is 13.1 Å². The fraction of sp³-hybridized carbons (Fsp3) is 0.308. The molecule has 0 atom stereocenters. The SMILES string of the molecule is CNCc1ccnn1Cc1cccc(C)c1. The molecule has 0 spiro atoms. The smallest absolute Gasteiger partial charge is 0.0663 e. The lowest BCUT2D eigenvalue weighted by atomic mass is 10.1. The van der Waals surface area contributed by atoms with Crippen molar-refractivity contribution in [3.8, 4) is 0 Å². The third-order valence-electron chi connectivity index (χ3n) is 2.58. The summed E-state index contributed by atoms with van der Waals surface area (Å²) in [5, 5.41) is 7.48. The Hall–Kier alpha value is -1.61. The number of nitrogens with one attached hydrogen (secondary N) is 1. The van der Waals surface area contributed by atoms with Crippen molar-refractivity contribution in [3.05, 3.63) is 53.3 Å². The van der Waals surface area contributed by atoms with Gasteiger partial charge in [0.1, 0.15) is 0 Å². The molecule has 0 saturated carbocycles. The van der Waals surface area contributed by atoms with Gasteiger partial charge in [0, 0.05) is 12.7 Å². The largest absolute Gasteiger partial charge is 0.314 e. The number of benzene rings is 1. The van der Waals surface area contributed by atoms with Crippen LogP contribution in [0.25, 0.3) is 0 Å². The zero-order valence-electron chi connectivity index (χ0n) is 9.77. The molecule has 84 valence electrons. The first-order valence-corrected chi connectivity index (χ1v) is 5.50. The van der Waals surface area contributed by atoms with Crippen LogP contribution in [0, 0.1) is 6.92 Å². The highest BCUT2D eigenvalue weighted by Gasteiger charge is 2.02. The molecule has 0 unspecified atom stereocenters. The van der Waals surface area contributed by atoms with Gasteiger partial charge in [-0.1, -0.05) is 29.8 Å². The summed E-state index contributed by atoms with van der Waals surface area (Å²) in [6.07, 6.45) is 1.85. The molecule has 3 heteroatoms. The highest BCUT2D eigenvalue weighted by molar-refractivity contribution is 5.22. The van der Waals surface area contributed by atoms with E-state index in [2.05, 4.69) is 41.6 Å². The minimum atomic E-state index is 0.839. The van der Waals surface area contributed by atoms with Gasteiger partial charge in [-0.2, -0.15) is 5.10 Å². The number of aromatic nitrogens is 2. The van der Waals surface area contributed by atoms with E-state index in [1.807, 2.05) is 24.0 Å². The second-order valence-electron chi connectivity index (χ2n) is 4.00. The van der Waals surface area contributed by atoms with Crippen LogP contribution in [0.5, 0.6) is 0 Å². The second-order valence-corrected chi connectivity index (χ2v) is 4.00. The highest BCUT2D eigenvalue weighted by Crippen LogP contribution is 2.07. The van der Waals surface area contributed by atoms with E-state index in [1.54, 1.807) is 0 Å². The van der Waals surface area contributed by atoms with Gasteiger partial charge in [0.15, 0.2) is 0 Å². The Morgan fingerprint density at radius 2 is 2.19 bits per heavy atom. The van der Waals surface area contributed by atoms with Gasteiger partial charge in [-0.25, -0.2) is 0 Å². The average Bonchev–Trinajstić information content (AvgIpc) is 2.66. The molecule has 2 rings (SSSR count). The van der Waals surface area contributed by atoms with Crippen molar-refractivity contribution in [2.75, 3.05) is 7.05 Å². The molecule has 1 heterocycles. The Labute approximate surface area is 96.1 Å². The maximum absolute atomic E-state index is 4.34. The molecule has 0 amide bonds. The predicted octanol–water partition coefficient (Wildman–Crippen LogP) is 1.96. The zero-order chi connectivity index (χ0) is 11.4. The molecule has 2 aromatic rings. The molecule has 0 bridgehead atoms. The molecule has 16 heavy (non-hydrogen) atoms. The Morgan fingerprint density at radius 1 is 1.31 bits per heavy atom. The Kier molecular flexibility index (Phi) is 3.37. The first kappa shape index (κ1) is 10.9. The van der Waals surface area contributed by atoms with Crippen molar-refractivity contribution in [1.82, 2.24) is 15.1 Å². The number of hydrogen-bond donors (Lipinski definition) is 1. The average molecular weight is 215 g/mol. The number of rotatable bonds is 4. The van der Waals surface area contributed by atoms with Gasteiger partial charge in [-0.05, 0) is 25.6 Å². The van der Waals surface area contributed by atoms with E-state index in [-0.39, 0.29) is 0 Å². The summed E-state index contributed by atoms with van der Waals surface area (Å²) in [4.78, 5) is 0. The molecule has 0 aliphatic carbocycles. The van der Waals surface area contributed by atoms with Crippen LogP contribution in [0.2, 0.25) is 0 Å². The first-order chi connectivity index (χ1) is 7.79. The van der Waals surface area contributed by atoms with Crippen LogP contribution < -0.4 is 5.32 Å². The fourth-order valence-corrected chi connectivity index (χ4v) is 1.82. The Bertz CT molecular complexity index is 460. The van der Waals surface area contributed by atoms with Crippen LogP contribution in [-0.4, -0.2) is 16.8 Å². The van der Waals surface area contributed by atoms with E-state index < -0.39 is 0 Å². The predicted molar refractivity (Wildman–Crippen MR) is 65.3 cm³/mol. The molecule has 0 aliphatic heterocycles. The van der Waals surface area contributed by atoms with Crippen molar-refractivity contribution in [3.63, 3.8) is 0 Å². The molecule has 0 saturated heterocycles. The minimum absolute atomic E-state index is 0.839. The summed E-state index contributed by atoms with van der Waals surface area (Å²) in [6.45, 7) is 3.80. The fourth-order valence-electron chi connectivity index (χ4n) is 1.82. The van der Waals surface area contributed by atoms with Crippen LogP contribution >= 0.6 is 0 Å². The van der Waals surface area contributed by atoms with E-state index in [1.165, 1.54) is 16.8 Å². The quantitative estimate of drug-likeness (QED) is 0.845. The van der Waals surface area contributed by atoms with Crippen LogP contribution in [0.1, 0.15) is 16.8 Å². The van der Waals surface area contributed by atoms with E-state index in [4.69, 9.17) is 0 Å². The summed E-state index contributed by atoms with van der Waals surface area (Å²) in [7, 11) is 1.95. The topological polar surface area (TPSA) is 29.9 Å². The minimum Gasteiger partial charge on any atom is -0.314 e. The Balaban J connectivity index is 2.17. The van der Waals surface area contributed by atoms with Gasteiger partial charge in [0.05, 0.1) is 12.2 Å². The molecule has 0 aliphatic rings. The van der Waals surface area contributed by atoms with Gasteiger partial charge < -0.3 is 5.32 Å². The third-order valence-corrected chi connectivity index (χ3v) is 2.58. The maximum atomic E-state index is 4.34. The molecule has 1 N–H and O–H groups in total. The molecule has 1 aromatic heterocycles. The van der Waals surface area contributed by atoms with Crippen LogP contribution in [0.4, 0.5) is 0 Å². The van der Waals surface area contributed by atoms with Crippen molar-refractivity contribution >= 4 is 0 Å². The summed E-state index contributed by atoms with van der Waals surface area (Å²) < 4.78 is 2.03. The highest BCUT2D eigenvalue weighted by atomic mass is 15.3. The monoisotopic (exact) mass is 215 g/mol. The number of aryl methyl sites for hydroxylation is 1. The Morgan fingerprint density at radius 3 is 2.94 bits per heavy atom. The van der Waals surface area contributed by atoms with Crippen LogP contribution in [-0.2, 0) is 13.1 Å².